The van der Waals surface area contributed by atoms with Crippen molar-refractivity contribution in [2.75, 3.05) is 0 Å². The molecule has 0 aliphatic carbocycles. The van der Waals surface area contributed by atoms with Crippen LogP contribution >= 0.6 is 0 Å². The third-order valence-corrected chi connectivity index (χ3v) is 2.32. The van der Waals surface area contributed by atoms with Gasteiger partial charge in [0.25, 0.3) is 5.69 Å². The minimum atomic E-state index is -0.533. The second-order valence-corrected chi connectivity index (χ2v) is 4.27. The van der Waals surface area contributed by atoms with E-state index in [4.69, 9.17) is 4.74 Å². The Morgan fingerprint density at radius 2 is 1.79 bits per heavy atom. The average Bonchev–Trinajstić information content (AvgIpc) is 2.35. The van der Waals surface area contributed by atoms with E-state index in [1.54, 1.807) is 13.8 Å². The fourth-order valence-corrected chi connectivity index (χ4v) is 1.45. The van der Waals surface area contributed by atoms with Gasteiger partial charge < -0.3 is 4.74 Å². The molecule has 6 nitrogen and oxygen atoms in total. The van der Waals surface area contributed by atoms with E-state index in [9.17, 15) is 19.7 Å². The van der Waals surface area contributed by atoms with E-state index >= 15 is 0 Å². The molecule has 1 aromatic rings. The molecule has 0 bridgehead atoms. The monoisotopic (exact) mass is 265 g/mol. The molecular formula is C13H15NO5. The first-order valence-electron chi connectivity index (χ1n) is 5.87. The van der Waals surface area contributed by atoms with Crippen LogP contribution in [-0.2, 0) is 9.53 Å². The zero-order valence-electron chi connectivity index (χ0n) is 10.8. The Kier molecular flexibility index (Phi) is 5.17. The number of esters is 1. The number of carbonyl (C=O) groups excluding carboxylic acids is 2. The lowest BCUT2D eigenvalue weighted by Gasteiger charge is -2.07. The lowest BCUT2D eigenvalue weighted by atomic mass is 10.1. The van der Waals surface area contributed by atoms with Crippen LogP contribution in [0.1, 0.15) is 37.0 Å². The number of nitro groups is 1. The third-order valence-electron chi connectivity index (χ3n) is 2.32. The molecule has 0 heterocycles. The standard InChI is InChI=1S/C13H15NO5/c1-9(2)19-13(16)8-7-12(15)10-3-5-11(6-4-10)14(17)18/h3-6,9H,7-8H2,1-2H3. The highest BCUT2D eigenvalue weighted by Crippen LogP contribution is 2.14. The first-order chi connectivity index (χ1) is 8.90. The van der Waals surface area contributed by atoms with Gasteiger partial charge in [-0.1, -0.05) is 0 Å². The number of hydrogen-bond acceptors (Lipinski definition) is 5. The summed E-state index contributed by atoms with van der Waals surface area (Å²) in [6, 6.07) is 5.29. The van der Waals surface area contributed by atoms with Crippen LogP contribution in [-0.4, -0.2) is 22.8 Å². The van der Waals surface area contributed by atoms with Crippen LogP contribution in [0.4, 0.5) is 5.69 Å². The quantitative estimate of drug-likeness (QED) is 0.341. The number of ketones is 1. The Bertz CT molecular complexity index is 478. The molecule has 0 aromatic heterocycles. The van der Waals surface area contributed by atoms with Gasteiger partial charge in [0.15, 0.2) is 5.78 Å². The van der Waals surface area contributed by atoms with Crippen LogP contribution in [0.15, 0.2) is 24.3 Å². The molecule has 0 saturated carbocycles. The van der Waals surface area contributed by atoms with Gasteiger partial charge in [0.05, 0.1) is 17.4 Å². The third kappa shape index (κ3) is 4.87. The van der Waals surface area contributed by atoms with Gasteiger partial charge in [-0.05, 0) is 26.0 Å². The number of non-ortho nitro benzene ring substituents is 1. The van der Waals surface area contributed by atoms with Gasteiger partial charge in [0.1, 0.15) is 0 Å². The van der Waals surface area contributed by atoms with Gasteiger partial charge in [-0.15, -0.1) is 0 Å². The predicted molar refractivity (Wildman–Crippen MR) is 67.9 cm³/mol. The first kappa shape index (κ1) is 14.8. The molecule has 1 rings (SSSR count). The summed E-state index contributed by atoms with van der Waals surface area (Å²) in [5.74, 6) is -0.666. The molecule has 0 saturated heterocycles. The molecule has 102 valence electrons. The Morgan fingerprint density at radius 1 is 1.21 bits per heavy atom. The second-order valence-electron chi connectivity index (χ2n) is 4.27. The van der Waals surface area contributed by atoms with Gasteiger partial charge in [0.2, 0.25) is 0 Å². The summed E-state index contributed by atoms with van der Waals surface area (Å²) in [7, 11) is 0. The van der Waals surface area contributed by atoms with E-state index in [2.05, 4.69) is 0 Å². The lowest BCUT2D eigenvalue weighted by Crippen LogP contribution is -2.12. The molecule has 19 heavy (non-hydrogen) atoms. The fraction of sp³-hybridized carbons (Fsp3) is 0.385. The van der Waals surface area contributed by atoms with Crippen molar-refractivity contribution in [2.45, 2.75) is 32.8 Å². The van der Waals surface area contributed by atoms with Gasteiger partial charge in [-0.2, -0.15) is 0 Å². The topological polar surface area (TPSA) is 86.5 Å². The van der Waals surface area contributed by atoms with Crippen LogP contribution in [0.2, 0.25) is 0 Å². The zero-order chi connectivity index (χ0) is 14.4. The average molecular weight is 265 g/mol. The SMILES string of the molecule is CC(C)OC(=O)CCC(=O)c1ccc([N+](=O)[O-])cc1. The Hall–Kier alpha value is -2.24. The minimum absolute atomic E-state index is 0.00794. The summed E-state index contributed by atoms with van der Waals surface area (Å²) in [5, 5.41) is 10.5. The van der Waals surface area contributed by atoms with Gasteiger partial charge in [-0.25, -0.2) is 0 Å². The van der Waals surface area contributed by atoms with Crippen LogP contribution in [0.5, 0.6) is 0 Å². The van der Waals surface area contributed by atoms with Crippen LogP contribution < -0.4 is 0 Å². The van der Waals surface area contributed by atoms with Gasteiger partial charge >= 0.3 is 5.97 Å². The Morgan fingerprint density at radius 3 is 2.26 bits per heavy atom. The van der Waals surface area contributed by atoms with E-state index < -0.39 is 10.9 Å². The zero-order valence-corrected chi connectivity index (χ0v) is 10.8. The predicted octanol–water partition coefficient (Wildman–Crippen LogP) is 2.51. The maximum absolute atomic E-state index is 11.7. The summed E-state index contributed by atoms with van der Waals surface area (Å²) in [6.07, 6.45) is -0.167. The lowest BCUT2D eigenvalue weighted by molar-refractivity contribution is -0.384. The fourth-order valence-electron chi connectivity index (χ4n) is 1.45. The maximum Gasteiger partial charge on any atom is 0.306 e. The van der Waals surface area contributed by atoms with Gasteiger partial charge in [-0.3, -0.25) is 19.7 Å². The van der Waals surface area contributed by atoms with E-state index in [-0.39, 0.29) is 30.4 Å². The molecule has 1 aromatic carbocycles. The molecule has 0 unspecified atom stereocenters. The number of hydrogen-bond donors (Lipinski definition) is 0. The number of carbonyl (C=O) groups is 2. The normalized spacial score (nSPS) is 10.3. The van der Waals surface area contributed by atoms with E-state index in [0.29, 0.717) is 5.56 Å². The molecular weight excluding hydrogens is 250 g/mol. The highest BCUT2D eigenvalue weighted by Gasteiger charge is 2.12. The van der Waals surface area contributed by atoms with Crippen molar-refractivity contribution in [3.05, 3.63) is 39.9 Å². The van der Waals surface area contributed by atoms with Crippen LogP contribution in [0.3, 0.4) is 0 Å². The molecule has 0 amide bonds. The summed E-state index contributed by atoms with van der Waals surface area (Å²) in [6.45, 7) is 3.46. The Balaban J connectivity index is 2.54. The highest BCUT2D eigenvalue weighted by molar-refractivity contribution is 5.97. The second kappa shape index (κ2) is 6.63. The molecule has 6 heteroatoms. The number of nitro benzene ring substituents is 1. The number of Topliss-reactive ketones (excluding diaryl/α,β-unsaturated/α-hetero) is 1. The number of rotatable bonds is 6. The van der Waals surface area contributed by atoms with Gasteiger partial charge in [0, 0.05) is 24.1 Å². The molecule has 0 N–H and O–H groups in total. The maximum atomic E-state index is 11.7. The minimum Gasteiger partial charge on any atom is -0.463 e. The number of nitrogens with zero attached hydrogens (tertiary/aromatic N) is 1. The van der Waals surface area contributed by atoms with Crippen molar-refractivity contribution in [3.63, 3.8) is 0 Å². The smallest absolute Gasteiger partial charge is 0.306 e. The first-order valence-corrected chi connectivity index (χ1v) is 5.87. The summed E-state index contributed by atoms with van der Waals surface area (Å²) in [4.78, 5) is 32.9. The van der Waals surface area contributed by atoms with Crippen molar-refractivity contribution < 1.29 is 19.2 Å². The molecule has 0 spiro atoms. The van der Waals surface area contributed by atoms with Crippen molar-refractivity contribution in [1.82, 2.24) is 0 Å². The van der Waals surface area contributed by atoms with Crippen molar-refractivity contribution in [3.8, 4) is 0 Å². The molecule has 0 atom stereocenters. The summed E-state index contributed by atoms with van der Waals surface area (Å²) in [5.41, 5.74) is 0.277. The van der Waals surface area contributed by atoms with E-state index in [1.165, 1.54) is 24.3 Å². The van der Waals surface area contributed by atoms with Crippen molar-refractivity contribution >= 4 is 17.4 Å². The van der Waals surface area contributed by atoms with E-state index in [1.807, 2.05) is 0 Å². The van der Waals surface area contributed by atoms with Crippen LogP contribution in [0.25, 0.3) is 0 Å². The summed E-state index contributed by atoms with van der Waals surface area (Å²) < 4.78 is 4.91. The number of ether oxygens (including phenoxy) is 1. The summed E-state index contributed by atoms with van der Waals surface area (Å²) >= 11 is 0. The molecule has 0 aliphatic rings. The Labute approximate surface area is 110 Å². The van der Waals surface area contributed by atoms with Crippen LogP contribution in [0, 0.1) is 10.1 Å². The number of benzene rings is 1. The van der Waals surface area contributed by atoms with Crippen molar-refractivity contribution in [1.29, 1.82) is 0 Å². The highest BCUT2D eigenvalue weighted by atomic mass is 16.6. The largest absolute Gasteiger partial charge is 0.463 e. The van der Waals surface area contributed by atoms with Crippen molar-refractivity contribution in [2.24, 2.45) is 0 Å². The van der Waals surface area contributed by atoms with E-state index in [0.717, 1.165) is 0 Å². The molecule has 0 radical (unpaired) electrons. The molecule has 0 aliphatic heterocycles. The molecule has 0 fully saturated rings.